The van der Waals surface area contributed by atoms with Gasteiger partial charge in [0.25, 0.3) is 0 Å². The van der Waals surface area contributed by atoms with Gasteiger partial charge in [-0.25, -0.2) is 0 Å². The molecule has 0 aliphatic carbocycles. The topological polar surface area (TPSA) is 50.7 Å². The molecule has 1 atom stereocenters. The van der Waals surface area contributed by atoms with Gasteiger partial charge in [0.05, 0.1) is 25.4 Å². The number of fused-ring (bicyclic) bond motifs is 1. The summed E-state index contributed by atoms with van der Waals surface area (Å²) in [6, 6.07) is 5.80. The van der Waals surface area contributed by atoms with E-state index < -0.39 is 5.54 Å². The number of ether oxygens (including phenoxy) is 2. The number of aliphatic hydroxyl groups is 1. The highest BCUT2D eigenvalue weighted by Crippen LogP contribution is 2.33. The maximum Gasteiger partial charge on any atom is 0.161 e. The molecule has 2 N–H and O–H groups in total. The summed E-state index contributed by atoms with van der Waals surface area (Å²) in [7, 11) is 1.83. The molecule has 0 amide bonds. The van der Waals surface area contributed by atoms with Crippen molar-refractivity contribution in [3.8, 4) is 11.5 Å². The lowest BCUT2D eigenvalue weighted by Gasteiger charge is -2.28. The van der Waals surface area contributed by atoms with Crippen molar-refractivity contribution >= 4 is 0 Å². The van der Waals surface area contributed by atoms with Crippen LogP contribution in [0.5, 0.6) is 11.5 Å². The monoisotopic (exact) mass is 237 g/mol. The van der Waals surface area contributed by atoms with E-state index in [0.29, 0.717) is 13.2 Å². The Balaban J connectivity index is 2.35. The summed E-state index contributed by atoms with van der Waals surface area (Å²) in [5.74, 6) is 1.54. The molecule has 0 aromatic heterocycles. The third-order valence-corrected chi connectivity index (χ3v) is 3.25. The summed E-state index contributed by atoms with van der Waals surface area (Å²) in [6.45, 7) is 3.34. The summed E-state index contributed by atoms with van der Waals surface area (Å²) < 4.78 is 11.2. The second-order valence-corrected chi connectivity index (χ2v) is 4.45. The molecule has 0 saturated carbocycles. The number of aliphatic hydroxyl groups excluding tert-OH is 1. The fourth-order valence-electron chi connectivity index (χ4n) is 1.82. The van der Waals surface area contributed by atoms with Crippen LogP contribution in [0.15, 0.2) is 18.2 Å². The summed E-state index contributed by atoms with van der Waals surface area (Å²) in [5.41, 5.74) is 0.539. The minimum absolute atomic E-state index is 0.0309. The highest BCUT2D eigenvalue weighted by atomic mass is 16.5. The van der Waals surface area contributed by atoms with Crippen LogP contribution in [-0.4, -0.2) is 32.0 Å². The molecule has 0 radical (unpaired) electrons. The zero-order valence-corrected chi connectivity index (χ0v) is 10.3. The molecule has 0 saturated heterocycles. The van der Waals surface area contributed by atoms with E-state index in [1.54, 1.807) is 0 Å². The molecule has 1 aromatic carbocycles. The van der Waals surface area contributed by atoms with Gasteiger partial charge in [-0.3, -0.25) is 0 Å². The van der Waals surface area contributed by atoms with E-state index in [9.17, 15) is 5.11 Å². The minimum Gasteiger partial charge on any atom is -0.490 e. The van der Waals surface area contributed by atoms with E-state index in [4.69, 9.17) is 9.47 Å². The Bertz CT molecular complexity index is 388. The quantitative estimate of drug-likeness (QED) is 0.831. The highest BCUT2D eigenvalue weighted by molar-refractivity contribution is 5.45. The molecule has 0 bridgehead atoms. The Hall–Kier alpha value is -1.26. The number of hydrogen-bond acceptors (Lipinski definition) is 4. The summed E-state index contributed by atoms with van der Waals surface area (Å²) >= 11 is 0. The van der Waals surface area contributed by atoms with Gasteiger partial charge in [0.15, 0.2) is 11.5 Å². The van der Waals surface area contributed by atoms with Crippen LogP contribution in [0.1, 0.15) is 18.9 Å². The third-order valence-electron chi connectivity index (χ3n) is 3.25. The van der Waals surface area contributed by atoms with Crippen LogP contribution in [-0.2, 0) is 5.54 Å². The van der Waals surface area contributed by atoms with Gasteiger partial charge in [-0.15, -0.1) is 0 Å². The molecule has 1 unspecified atom stereocenters. The van der Waals surface area contributed by atoms with Gasteiger partial charge < -0.3 is 19.9 Å². The smallest absolute Gasteiger partial charge is 0.161 e. The van der Waals surface area contributed by atoms with Gasteiger partial charge in [0.2, 0.25) is 0 Å². The standard InChI is InChI=1S/C13H19NO3/c1-13(9-15,14-2)10-4-5-11-12(8-10)17-7-3-6-16-11/h4-5,8,14-15H,3,6-7,9H2,1-2H3. The molecule has 0 spiro atoms. The second-order valence-electron chi connectivity index (χ2n) is 4.45. The third kappa shape index (κ3) is 2.37. The van der Waals surface area contributed by atoms with Gasteiger partial charge in [-0.05, 0) is 31.7 Å². The second kappa shape index (κ2) is 4.94. The van der Waals surface area contributed by atoms with Crippen molar-refractivity contribution in [2.45, 2.75) is 18.9 Å². The Morgan fingerprint density at radius 1 is 1.29 bits per heavy atom. The van der Waals surface area contributed by atoms with Crippen molar-refractivity contribution in [3.05, 3.63) is 23.8 Å². The Kier molecular flexibility index (Phi) is 3.54. The fourth-order valence-corrected chi connectivity index (χ4v) is 1.82. The van der Waals surface area contributed by atoms with Crippen LogP contribution in [0, 0.1) is 0 Å². The van der Waals surface area contributed by atoms with Crippen molar-refractivity contribution in [1.82, 2.24) is 5.32 Å². The molecular weight excluding hydrogens is 218 g/mol. The lowest BCUT2D eigenvalue weighted by molar-refractivity contribution is 0.183. The Morgan fingerprint density at radius 2 is 2.00 bits per heavy atom. The fraction of sp³-hybridized carbons (Fsp3) is 0.538. The van der Waals surface area contributed by atoms with Crippen molar-refractivity contribution in [2.75, 3.05) is 26.9 Å². The molecule has 0 fully saturated rings. The van der Waals surface area contributed by atoms with Crippen molar-refractivity contribution < 1.29 is 14.6 Å². The maximum atomic E-state index is 9.46. The average molecular weight is 237 g/mol. The number of likely N-dealkylation sites (N-methyl/N-ethyl adjacent to an activating group) is 1. The van der Waals surface area contributed by atoms with Crippen LogP contribution in [0.2, 0.25) is 0 Å². The first-order valence-corrected chi connectivity index (χ1v) is 5.89. The van der Waals surface area contributed by atoms with Gasteiger partial charge >= 0.3 is 0 Å². The van der Waals surface area contributed by atoms with E-state index in [-0.39, 0.29) is 6.61 Å². The lowest BCUT2D eigenvalue weighted by atomic mass is 9.93. The van der Waals surface area contributed by atoms with E-state index >= 15 is 0 Å². The molecule has 94 valence electrons. The van der Waals surface area contributed by atoms with E-state index in [1.165, 1.54) is 0 Å². The summed E-state index contributed by atoms with van der Waals surface area (Å²) in [5, 5.41) is 12.6. The number of rotatable bonds is 3. The zero-order chi connectivity index (χ0) is 12.3. The van der Waals surface area contributed by atoms with Crippen LogP contribution in [0.4, 0.5) is 0 Å². The number of benzene rings is 1. The zero-order valence-electron chi connectivity index (χ0n) is 10.3. The molecule has 1 heterocycles. The number of hydrogen-bond donors (Lipinski definition) is 2. The van der Waals surface area contributed by atoms with Gasteiger partial charge in [0, 0.05) is 6.42 Å². The molecule has 1 aromatic rings. The minimum atomic E-state index is -0.454. The largest absolute Gasteiger partial charge is 0.490 e. The first-order valence-electron chi connectivity index (χ1n) is 5.89. The van der Waals surface area contributed by atoms with Crippen molar-refractivity contribution in [2.24, 2.45) is 0 Å². The predicted molar refractivity (Wildman–Crippen MR) is 65.5 cm³/mol. The molecule has 4 heteroatoms. The molecule has 1 aliphatic rings. The number of nitrogens with one attached hydrogen (secondary N) is 1. The molecular formula is C13H19NO3. The molecule has 17 heavy (non-hydrogen) atoms. The van der Waals surface area contributed by atoms with Gasteiger partial charge in [-0.1, -0.05) is 6.07 Å². The van der Waals surface area contributed by atoms with E-state index in [0.717, 1.165) is 23.5 Å². The van der Waals surface area contributed by atoms with Crippen molar-refractivity contribution in [3.63, 3.8) is 0 Å². The van der Waals surface area contributed by atoms with Crippen LogP contribution in [0.3, 0.4) is 0 Å². The summed E-state index contributed by atoms with van der Waals surface area (Å²) in [6.07, 6.45) is 0.896. The Morgan fingerprint density at radius 3 is 2.65 bits per heavy atom. The highest BCUT2D eigenvalue weighted by Gasteiger charge is 2.25. The van der Waals surface area contributed by atoms with Gasteiger partial charge in [-0.2, -0.15) is 0 Å². The first-order chi connectivity index (χ1) is 8.19. The normalized spacial score (nSPS) is 18.3. The summed E-state index contributed by atoms with van der Waals surface area (Å²) in [4.78, 5) is 0. The van der Waals surface area contributed by atoms with E-state index in [2.05, 4.69) is 5.32 Å². The van der Waals surface area contributed by atoms with Crippen LogP contribution >= 0.6 is 0 Å². The lowest BCUT2D eigenvalue weighted by Crippen LogP contribution is -2.40. The Labute approximate surface area is 102 Å². The maximum absolute atomic E-state index is 9.46. The average Bonchev–Trinajstić information content (AvgIpc) is 2.62. The van der Waals surface area contributed by atoms with Crippen LogP contribution in [0.25, 0.3) is 0 Å². The molecule has 1 aliphatic heterocycles. The predicted octanol–water partition coefficient (Wildman–Crippen LogP) is 1.27. The molecule has 4 nitrogen and oxygen atoms in total. The van der Waals surface area contributed by atoms with Crippen molar-refractivity contribution in [1.29, 1.82) is 0 Å². The van der Waals surface area contributed by atoms with Crippen LogP contribution < -0.4 is 14.8 Å². The molecule has 2 rings (SSSR count). The van der Waals surface area contributed by atoms with Gasteiger partial charge in [0.1, 0.15) is 0 Å². The van der Waals surface area contributed by atoms with E-state index in [1.807, 2.05) is 32.2 Å². The SMILES string of the molecule is CNC(C)(CO)c1ccc2c(c1)OCCCO2. The first kappa shape index (κ1) is 12.2.